The van der Waals surface area contributed by atoms with Crippen molar-refractivity contribution in [3.63, 3.8) is 0 Å². The number of aliphatic imine (C=N–C) groups is 1. The lowest BCUT2D eigenvalue weighted by molar-refractivity contribution is 0.640. The number of halogens is 1. The molecule has 4 heteroatoms. The van der Waals surface area contributed by atoms with Crippen LogP contribution < -0.4 is 10.6 Å². The van der Waals surface area contributed by atoms with Gasteiger partial charge in [0.25, 0.3) is 0 Å². The number of nitrogens with zero attached hydrogens (tertiary/aromatic N) is 1. The number of hydrogen-bond donors (Lipinski definition) is 2. The molecule has 0 saturated carbocycles. The van der Waals surface area contributed by atoms with Crippen LogP contribution in [0.4, 0.5) is 0 Å². The summed E-state index contributed by atoms with van der Waals surface area (Å²) in [5.41, 5.74) is 0. The zero-order valence-electron chi connectivity index (χ0n) is 11.7. The lowest BCUT2D eigenvalue weighted by Crippen LogP contribution is -2.38. The standard InChI is InChI=1S/C13H29N3.HI/c1-4-6-8-10-12-16-13(14-3)15-11-9-7-5-2;/h4-12H2,1-3H3,(H2,14,15,16);1H. The van der Waals surface area contributed by atoms with Crippen LogP contribution in [0.5, 0.6) is 0 Å². The lowest BCUT2D eigenvalue weighted by Gasteiger charge is -2.11. The van der Waals surface area contributed by atoms with Crippen LogP contribution in [0.25, 0.3) is 0 Å². The maximum absolute atomic E-state index is 4.20. The van der Waals surface area contributed by atoms with E-state index in [1.54, 1.807) is 0 Å². The summed E-state index contributed by atoms with van der Waals surface area (Å²) >= 11 is 0. The molecule has 0 fully saturated rings. The average Bonchev–Trinajstić information content (AvgIpc) is 2.31. The molecule has 0 aliphatic carbocycles. The van der Waals surface area contributed by atoms with Crippen LogP contribution in [-0.2, 0) is 0 Å². The minimum atomic E-state index is 0. The van der Waals surface area contributed by atoms with Gasteiger partial charge in [-0.1, -0.05) is 46.0 Å². The fraction of sp³-hybridized carbons (Fsp3) is 0.923. The highest BCUT2D eigenvalue weighted by Gasteiger charge is 1.95. The van der Waals surface area contributed by atoms with Gasteiger partial charge in [0.05, 0.1) is 0 Å². The molecule has 0 heterocycles. The number of rotatable bonds is 9. The smallest absolute Gasteiger partial charge is 0.190 e. The van der Waals surface area contributed by atoms with E-state index in [0.29, 0.717) is 0 Å². The first-order valence-corrected chi connectivity index (χ1v) is 6.79. The fourth-order valence-corrected chi connectivity index (χ4v) is 1.56. The van der Waals surface area contributed by atoms with E-state index in [4.69, 9.17) is 0 Å². The predicted molar refractivity (Wildman–Crippen MR) is 88.4 cm³/mol. The monoisotopic (exact) mass is 355 g/mol. The molecule has 0 rings (SSSR count). The van der Waals surface area contributed by atoms with Gasteiger partial charge in [0.15, 0.2) is 5.96 Å². The number of hydrogen-bond acceptors (Lipinski definition) is 1. The number of unbranched alkanes of at least 4 members (excludes halogenated alkanes) is 5. The Morgan fingerprint density at radius 2 is 1.29 bits per heavy atom. The number of nitrogens with one attached hydrogen (secondary N) is 2. The highest BCUT2D eigenvalue weighted by atomic mass is 127. The molecule has 0 saturated heterocycles. The van der Waals surface area contributed by atoms with Gasteiger partial charge in [-0.3, -0.25) is 4.99 Å². The molecule has 0 amide bonds. The van der Waals surface area contributed by atoms with Gasteiger partial charge in [-0.25, -0.2) is 0 Å². The van der Waals surface area contributed by atoms with Gasteiger partial charge >= 0.3 is 0 Å². The Bertz CT molecular complexity index is 172. The Balaban J connectivity index is 0. The zero-order valence-corrected chi connectivity index (χ0v) is 14.0. The Labute approximate surface area is 124 Å². The Kier molecular flexibility index (Phi) is 18.2. The van der Waals surface area contributed by atoms with Crippen LogP contribution in [0.1, 0.15) is 58.8 Å². The van der Waals surface area contributed by atoms with Crippen molar-refractivity contribution in [2.45, 2.75) is 58.8 Å². The van der Waals surface area contributed by atoms with E-state index in [-0.39, 0.29) is 24.0 Å². The van der Waals surface area contributed by atoms with Crippen molar-refractivity contribution in [3.05, 3.63) is 0 Å². The molecule has 0 bridgehead atoms. The third-order valence-corrected chi connectivity index (χ3v) is 2.62. The summed E-state index contributed by atoms with van der Waals surface area (Å²) < 4.78 is 0. The lowest BCUT2D eigenvalue weighted by atomic mass is 10.2. The summed E-state index contributed by atoms with van der Waals surface area (Å²) in [5, 5.41) is 6.68. The van der Waals surface area contributed by atoms with Crippen molar-refractivity contribution < 1.29 is 0 Å². The van der Waals surface area contributed by atoms with Gasteiger partial charge in [0.1, 0.15) is 0 Å². The molecule has 0 aliphatic rings. The van der Waals surface area contributed by atoms with Crippen molar-refractivity contribution in [3.8, 4) is 0 Å². The van der Waals surface area contributed by atoms with Gasteiger partial charge in [0, 0.05) is 20.1 Å². The van der Waals surface area contributed by atoms with E-state index >= 15 is 0 Å². The molecule has 0 atom stereocenters. The van der Waals surface area contributed by atoms with Gasteiger partial charge in [0.2, 0.25) is 0 Å². The summed E-state index contributed by atoms with van der Waals surface area (Å²) in [6.07, 6.45) is 8.98. The van der Waals surface area contributed by atoms with Crippen LogP contribution in [0.15, 0.2) is 4.99 Å². The highest BCUT2D eigenvalue weighted by Crippen LogP contribution is 1.96. The van der Waals surface area contributed by atoms with Crippen LogP contribution in [0.2, 0.25) is 0 Å². The molecule has 2 N–H and O–H groups in total. The molecule has 0 radical (unpaired) electrons. The molecule has 17 heavy (non-hydrogen) atoms. The first-order chi connectivity index (χ1) is 7.85. The predicted octanol–water partition coefficient (Wildman–Crippen LogP) is 3.54. The molecule has 0 spiro atoms. The van der Waals surface area contributed by atoms with E-state index in [2.05, 4.69) is 29.5 Å². The van der Waals surface area contributed by atoms with Crippen molar-refractivity contribution in [2.24, 2.45) is 4.99 Å². The minimum absolute atomic E-state index is 0. The third kappa shape index (κ3) is 13.9. The largest absolute Gasteiger partial charge is 0.356 e. The van der Waals surface area contributed by atoms with Crippen molar-refractivity contribution in [2.75, 3.05) is 20.1 Å². The van der Waals surface area contributed by atoms with E-state index in [9.17, 15) is 0 Å². The maximum atomic E-state index is 4.20. The van der Waals surface area contributed by atoms with Gasteiger partial charge in [-0.05, 0) is 12.8 Å². The van der Waals surface area contributed by atoms with E-state index in [1.807, 2.05) is 7.05 Å². The second kappa shape index (κ2) is 16.0. The first-order valence-electron chi connectivity index (χ1n) is 6.79. The summed E-state index contributed by atoms with van der Waals surface area (Å²) in [6.45, 7) is 6.53. The van der Waals surface area contributed by atoms with E-state index in [1.165, 1.54) is 44.9 Å². The zero-order chi connectivity index (χ0) is 12.1. The molecule has 0 aromatic carbocycles. The van der Waals surface area contributed by atoms with Crippen LogP contribution in [0.3, 0.4) is 0 Å². The van der Waals surface area contributed by atoms with Crippen molar-refractivity contribution in [1.29, 1.82) is 0 Å². The van der Waals surface area contributed by atoms with Crippen LogP contribution in [0, 0.1) is 0 Å². The second-order valence-electron chi connectivity index (χ2n) is 4.19. The SMILES string of the molecule is CCCCCCNC(=NC)NCCCCC.I. The fourth-order valence-electron chi connectivity index (χ4n) is 1.56. The Hall–Kier alpha value is 0. The summed E-state index contributed by atoms with van der Waals surface area (Å²) in [4.78, 5) is 4.20. The Morgan fingerprint density at radius 3 is 1.76 bits per heavy atom. The van der Waals surface area contributed by atoms with E-state index < -0.39 is 0 Å². The first kappa shape index (κ1) is 19.3. The Morgan fingerprint density at radius 1 is 0.824 bits per heavy atom. The molecule has 104 valence electrons. The summed E-state index contributed by atoms with van der Waals surface area (Å²) in [6, 6.07) is 0. The minimum Gasteiger partial charge on any atom is -0.356 e. The van der Waals surface area contributed by atoms with Gasteiger partial charge in [-0.15, -0.1) is 24.0 Å². The topological polar surface area (TPSA) is 36.4 Å². The normalized spacial score (nSPS) is 10.9. The molecule has 0 aromatic heterocycles. The van der Waals surface area contributed by atoms with E-state index in [0.717, 1.165) is 19.0 Å². The van der Waals surface area contributed by atoms with Gasteiger partial charge in [-0.2, -0.15) is 0 Å². The molecule has 0 unspecified atom stereocenters. The molecular formula is C13H30IN3. The molecule has 3 nitrogen and oxygen atoms in total. The second-order valence-corrected chi connectivity index (χ2v) is 4.19. The molecule has 0 aliphatic heterocycles. The van der Waals surface area contributed by atoms with Crippen molar-refractivity contribution >= 4 is 29.9 Å². The average molecular weight is 355 g/mol. The highest BCUT2D eigenvalue weighted by molar-refractivity contribution is 14.0. The number of guanidine groups is 1. The third-order valence-electron chi connectivity index (χ3n) is 2.62. The summed E-state index contributed by atoms with van der Waals surface area (Å²) in [5.74, 6) is 0.951. The maximum Gasteiger partial charge on any atom is 0.190 e. The van der Waals surface area contributed by atoms with Crippen LogP contribution in [-0.4, -0.2) is 26.1 Å². The molecule has 0 aromatic rings. The van der Waals surface area contributed by atoms with Crippen LogP contribution >= 0.6 is 24.0 Å². The van der Waals surface area contributed by atoms with Crippen molar-refractivity contribution in [1.82, 2.24) is 10.6 Å². The summed E-state index contributed by atoms with van der Waals surface area (Å²) in [7, 11) is 1.83. The quantitative estimate of drug-likeness (QED) is 0.287. The molecular weight excluding hydrogens is 325 g/mol. The van der Waals surface area contributed by atoms with Gasteiger partial charge < -0.3 is 10.6 Å².